The van der Waals surface area contributed by atoms with E-state index >= 15 is 0 Å². The van der Waals surface area contributed by atoms with Gasteiger partial charge < -0.3 is 22.1 Å². The van der Waals surface area contributed by atoms with Crippen LogP contribution < -0.4 is 22.1 Å². The molecule has 1 aliphatic carbocycles. The summed E-state index contributed by atoms with van der Waals surface area (Å²) in [6.45, 7) is 0. The van der Waals surface area contributed by atoms with E-state index in [1.54, 1.807) is 24.4 Å². The number of halogens is 2. The molecule has 3 aromatic rings. The number of fused-ring (bicyclic) bond motifs is 1. The van der Waals surface area contributed by atoms with Crippen molar-refractivity contribution in [1.82, 2.24) is 9.97 Å². The number of benzene rings is 1. The number of aromatic nitrogens is 2. The quantitative estimate of drug-likeness (QED) is 0.488. The summed E-state index contributed by atoms with van der Waals surface area (Å²) in [7, 11) is 0. The van der Waals surface area contributed by atoms with Crippen molar-refractivity contribution < 1.29 is 9.18 Å². The van der Waals surface area contributed by atoms with Gasteiger partial charge in [0.25, 0.3) is 5.91 Å². The molecular formula is C21H22ClFN6O. The summed E-state index contributed by atoms with van der Waals surface area (Å²) in [5.41, 5.74) is 12.9. The van der Waals surface area contributed by atoms with E-state index in [1.807, 2.05) is 6.07 Å². The van der Waals surface area contributed by atoms with Crippen LogP contribution >= 0.6 is 11.6 Å². The summed E-state index contributed by atoms with van der Waals surface area (Å²) in [4.78, 5) is 20.5. The zero-order valence-electron chi connectivity index (χ0n) is 16.2. The summed E-state index contributed by atoms with van der Waals surface area (Å²) in [5.74, 6) is -1.24. The Bertz CT molecular complexity index is 1110. The molecule has 7 nitrogen and oxygen atoms in total. The maximum absolute atomic E-state index is 14.6. The molecule has 156 valence electrons. The molecule has 2 atom stereocenters. The van der Waals surface area contributed by atoms with Crippen molar-refractivity contribution in [3.8, 4) is 0 Å². The second-order valence-corrected chi connectivity index (χ2v) is 7.90. The van der Waals surface area contributed by atoms with E-state index in [-0.39, 0.29) is 29.3 Å². The summed E-state index contributed by atoms with van der Waals surface area (Å²) in [6, 6.07) is 8.14. The monoisotopic (exact) mass is 428 g/mol. The van der Waals surface area contributed by atoms with Crippen LogP contribution in [0.2, 0.25) is 5.02 Å². The Kier molecular flexibility index (Phi) is 5.69. The number of carbonyl (C=O) groups is 1. The highest BCUT2D eigenvalue weighted by Crippen LogP contribution is 2.28. The van der Waals surface area contributed by atoms with Crippen molar-refractivity contribution in [3.63, 3.8) is 0 Å². The van der Waals surface area contributed by atoms with Gasteiger partial charge in [0.15, 0.2) is 11.6 Å². The summed E-state index contributed by atoms with van der Waals surface area (Å²) in [6.07, 6.45) is 5.34. The number of primary amides is 1. The third-order valence-electron chi connectivity index (χ3n) is 5.30. The minimum Gasteiger partial charge on any atom is -0.365 e. The molecule has 2 unspecified atom stereocenters. The lowest BCUT2D eigenvalue weighted by Crippen LogP contribution is -2.43. The van der Waals surface area contributed by atoms with Crippen molar-refractivity contribution >= 4 is 45.7 Å². The highest BCUT2D eigenvalue weighted by Gasteiger charge is 2.24. The van der Waals surface area contributed by atoms with Crippen molar-refractivity contribution in [3.05, 3.63) is 52.9 Å². The van der Waals surface area contributed by atoms with Crippen LogP contribution in [0.1, 0.15) is 36.0 Å². The smallest absolute Gasteiger partial charge is 0.252 e. The van der Waals surface area contributed by atoms with E-state index in [9.17, 15) is 9.18 Å². The predicted molar refractivity (Wildman–Crippen MR) is 117 cm³/mol. The van der Waals surface area contributed by atoms with Gasteiger partial charge in [0.2, 0.25) is 0 Å². The molecule has 2 heterocycles. The molecule has 0 bridgehead atoms. The Morgan fingerprint density at radius 2 is 1.97 bits per heavy atom. The first kappa shape index (κ1) is 20.3. The average molecular weight is 429 g/mol. The molecule has 30 heavy (non-hydrogen) atoms. The lowest BCUT2D eigenvalue weighted by molar-refractivity contribution is 0.100. The second-order valence-electron chi connectivity index (χ2n) is 7.46. The normalized spacial score (nSPS) is 18.9. The fourth-order valence-corrected chi connectivity index (χ4v) is 3.86. The number of carbonyl (C=O) groups excluding carboxylic acids is 1. The summed E-state index contributed by atoms with van der Waals surface area (Å²) >= 11 is 5.98. The Labute approximate surface area is 178 Å². The Hall–Kier alpha value is -2.97. The molecule has 1 aliphatic rings. The van der Waals surface area contributed by atoms with Gasteiger partial charge in [0.1, 0.15) is 5.82 Å². The van der Waals surface area contributed by atoms with E-state index in [0.29, 0.717) is 16.2 Å². The van der Waals surface area contributed by atoms with Gasteiger partial charge in [-0.05, 0) is 37.1 Å². The van der Waals surface area contributed by atoms with Gasteiger partial charge in [-0.1, -0.05) is 30.5 Å². The molecule has 1 amide bonds. The lowest BCUT2D eigenvalue weighted by Gasteiger charge is -2.30. The molecule has 1 saturated carbocycles. The van der Waals surface area contributed by atoms with E-state index in [2.05, 4.69) is 20.6 Å². The Morgan fingerprint density at radius 3 is 2.73 bits per heavy atom. The van der Waals surface area contributed by atoms with Crippen molar-refractivity contribution in [2.24, 2.45) is 11.5 Å². The number of nitrogens with one attached hydrogen (secondary N) is 2. The van der Waals surface area contributed by atoms with Crippen LogP contribution in [0.3, 0.4) is 0 Å². The minimum absolute atomic E-state index is 0.0375. The average Bonchev–Trinajstić information content (AvgIpc) is 2.71. The zero-order valence-corrected chi connectivity index (χ0v) is 16.9. The summed E-state index contributed by atoms with van der Waals surface area (Å²) < 4.78 is 14.6. The number of hydrogen-bond acceptors (Lipinski definition) is 6. The third kappa shape index (κ3) is 4.29. The van der Waals surface area contributed by atoms with Crippen LogP contribution in [-0.4, -0.2) is 28.0 Å². The zero-order chi connectivity index (χ0) is 21.3. The maximum Gasteiger partial charge on any atom is 0.252 e. The van der Waals surface area contributed by atoms with Crippen LogP contribution in [0.15, 0.2) is 36.5 Å². The van der Waals surface area contributed by atoms with Crippen molar-refractivity contribution in [2.45, 2.75) is 37.8 Å². The van der Waals surface area contributed by atoms with Crippen LogP contribution in [-0.2, 0) is 0 Å². The number of nitrogens with zero attached hydrogens (tertiary/aromatic N) is 2. The first-order valence-corrected chi connectivity index (χ1v) is 10.1. The van der Waals surface area contributed by atoms with E-state index in [1.165, 1.54) is 0 Å². The van der Waals surface area contributed by atoms with E-state index in [0.717, 1.165) is 37.1 Å². The number of hydrogen-bond donors (Lipinski definition) is 4. The SMILES string of the molecule is NC(=O)c1cc(F)c(NC2CCCCC2N)nc1Nc1ccc2cc(Cl)cnc2c1. The standard InChI is InChI=1S/C21H22ClFN6O/c22-12-7-11-5-6-13(8-18(11)26-10-12)27-20-14(19(25)30)9-15(23)21(29-20)28-17-4-2-1-3-16(17)24/h5-10,16-17H,1-4,24H2,(H2,25,30)(H2,27,28,29). The molecule has 0 saturated heterocycles. The number of rotatable bonds is 5. The Balaban J connectivity index is 1.67. The van der Waals surface area contributed by atoms with Crippen molar-refractivity contribution in [1.29, 1.82) is 0 Å². The number of nitrogens with two attached hydrogens (primary N) is 2. The van der Waals surface area contributed by atoms with Gasteiger partial charge in [-0.15, -0.1) is 0 Å². The molecule has 0 spiro atoms. The Morgan fingerprint density at radius 1 is 1.17 bits per heavy atom. The minimum atomic E-state index is -0.782. The van der Waals surface area contributed by atoms with Gasteiger partial charge in [0, 0.05) is 29.4 Å². The molecule has 1 fully saturated rings. The molecule has 6 N–H and O–H groups in total. The third-order valence-corrected chi connectivity index (χ3v) is 5.50. The van der Waals surface area contributed by atoms with E-state index in [4.69, 9.17) is 23.1 Å². The van der Waals surface area contributed by atoms with Gasteiger partial charge in [0.05, 0.1) is 16.1 Å². The maximum atomic E-state index is 14.6. The number of anilines is 3. The predicted octanol–water partition coefficient (Wildman–Crippen LogP) is 3.95. The fraction of sp³-hybridized carbons (Fsp3) is 0.286. The molecule has 0 radical (unpaired) electrons. The highest BCUT2D eigenvalue weighted by molar-refractivity contribution is 6.31. The topological polar surface area (TPSA) is 119 Å². The molecular weight excluding hydrogens is 407 g/mol. The van der Waals surface area contributed by atoms with Crippen LogP contribution in [0.5, 0.6) is 0 Å². The molecule has 9 heteroatoms. The second kappa shape index (κ2) is 8.41. The molecule has 1 aromatic carbocycles. The van der Waals surface area contributed by atoms with Gasteiger partial charge in [-0.3, -0.25) is 9.78 Å². The van der Waals surface area contributed by atoms with Crippen molar-refractivity contribution in [2.75, 3.05) is 10.6 Å². The van der Waals surface area contributed by atoms with Gasteiger partial charge in [-0.2, -0.15) is 0 Å². The molecule has 0 aliphatic heterocycles. The van der Waals surface area contributed by atoms with Crippen LogP contribution in [0.4, 0.5) is 21.7 Å². The lowest BCUT2D eigenvalue weighted by atomic mass is 9.91. The largest absolute Gasteiger partial charge is 0.365 e. The molecule has 4 rings (SSSR count). The van der Waals surface area contributed by atoms with Crippen LogP contribution in [0, 0.1) is 5.82 Å². The van der Waals surface area contributed by atoms with Gasteiger partial charge in [-0.25, -0.2) is 9.37 Å². The summed E-state index contributed by atoms with van der Waals surface area (Å²) in [5, 5.41) is 7.55. The first-order chi connectivity index (χ1) is 14.4. The fourth-order valence-electron chi connectivity index (χ4n) is 3.70. The number of amides is 1. The van der Waals surface area contributed by atoms with Gasteiger partial charge >= 0.3 is 0 Å². The van der Waals surface area contributed by atoms with Crippen LogP contribution in [0.25, 0.3) is 10.9 Å². The number of pyridine rings is 2. The molecule has 2 aromatic heterocycles. The first-order valence-electron chi connectivity index (χ1n) is 9.75. The highest BCUT2D eigenvalue weighted by atomic mass is 35.5. The van der Waals surface area contributed by atoms with E-state index < -0.39 is 11.7 Å².